The van der Waals surface area contributed by atoms with Gasteiger partial charge in [-0.25, -0.2) is 29.9 Å². The van der Waals surface area contributed by atoms with Gasteiger partial charge in [0.05, 0.1) is 56.0 Å². The Morgan fingerprint density at radius 1 is 0.285 bits per heavy atom. The molecule has 0 spiro atoms. The fourth-order valence-corrected chi connectivity index (χ4v) is 17.7. The number of aromatic nitrogens is 12. The molecule has 0 saturated heterocycles. The highest BCUT2D eigenvalue weighted by Gasteiger charge is 2.27. The van der Waals surface area contributed by atoms with Crippen molar-refractivity contribution in [2.24, 2.45) is 17.8 Å². The van der Waals surface area contributed by atoms with Gasteiger partial charge in [0.1, 0.15) is 34.9 Å². The highest BCUT2D eigenvalue weighted by atomic mass is 16.2. The molecule has 8 amide bonds. The summed E-state index contributed by atoms with van der Waals surface area (Å²) in [6, 6.07) is 68.2. The van der Waals surface area contributed by atoms with Crippen LogP contribution in [0.2, 0.25) is 0 Å². The first-order valence-corrected chi connectivity index (χ1v) is 47.3. The maximum absolute atomic E-state index is 12.8. The Morgan fingerprint density at radius 2 is 0.650 bits per heavy atom. The van der Waals surface area contributed by atoms with E-state index in [0.717, 1.165) is 161 Å². The van der Waals surface area contributed by atoms with Crippen LogP contribution >= 0.6 is 0 Å². The number of H-pyrrole nitrogens is 4. The number of anilines is 4. The SMILES string of the molecule is CC1CCC(NC(=O)c2ccc3nc(-c4ccc(C(=O)Nc5cccnc5)cc4)[nH]c3c2)CC1.CC1CCCCC1NC(=O)c1ccc2nc(-c3ccc(C(=O)Nc4ccncc4)cc3)[nH]c2c1.Cc1ccc(NC(=O)c2ccc(-c3nc4ccc(C(=O)NC5CCC(C)CC5)cc4[nH]3)cc2)nc1.O=C(Nc1ccccn1)c1ccc(-c2nc3ccc(C(=O)NC4CCCCCC4)cc3[nH]2)cc1. The first kappa shape index (κ1) is 92.8. The van der Waals surface area contributed by atoms with Gasteiger partial charge in [-0.3, -0.25) is 48.3 Å². The summed E-state index contributed by atoms with van der Waals surface area (Å²) in [6.45, 7) is 8.70. The molecule has 8 aromatic carbocycles. The van der Waals surface area contributed by atoms with Crippen LogP contribution in [-0.2, 0) is 0 Å². The van der Waals surface area contributed by atoms with Gasteiger partial charge in [-0.1, -0.05) is 120 Å². The van der Waals surface area contributed by atoms with E-state index in [2.05, 4.69) is 123 Å². The largest absolute Gasteiger partial charge is 0.349 e. The molecule has 4 aliphatic rings. The Bertz CT molecular complexity index is 6920. The molecule has 4 saturated carbocycles. The van der Waals surface area contributed by atoms with E-state index in [9.17, 15) is 38.4 Å². The van der Waals surface area contributed by atoms with Crippen LogP contribution in [0.5, 0.6) is 0 Å². The third-order valence-corrected chi connectivity index (χ3v) is 25.9. The van der Waals surface area contributed by atoms with Gasteiger partial charge in [-0.15, -0.1) is 0 Å². The summed E-state index contributed by atoms with van der Waals surface area (Å²) in [6.07, 6.45) is 30.3. The van der Waals surface area contributed by atoms with Gasteiger partial charge in [-0.2, -0.15) is 0 Å². The molecule has 8 heterocycles. The zero-order valence-electron chi connectivity index (χ0n) is 76.9. The van der Waals surface area contributed by atoms with Crippen molar-refractivity contribution in [1.29, 1.82) is 0 Å². The molecule has 12 N–H and O–H groups in total. The molecule has 28 nitrogen and oxygen atoms in total. The second kappa shape index (κ2) is 43.8. The summed E-state index contributed by atoms with van der Waals surface area (Å²) in [4.78, 5) is 149. The van der Waals surface area contributed by atoms with Gasteiger partial charge >= 0.3 is 0 Å². The molecular weight excluding hydrogens is 1720 g/mol. The van der Waals surface area contributed by atoms with E-state index >= 15 is 0 Å². The number of pyridine rings is 4. The summed E-state index contributed by atoms with van der Waals surface area (Å²) in [7, 11) is 0. The first-order chi connectivity index (χ1) is 66.7. The molecule has 20 rings (SSSR count). The lowest BCUT2D eigenvalue weighted by atomic mass is 9.86. The summed E-state index contributed by atoms with van der Waals surface area (Å²) in [5, 5.41) is 24.0. The zero-order chi connectivity index (χ0) is 94.7. The summed E-state index contributed by atoms with van der Waals surface area (Å²) in [5.41, 5.74) is 16.8. The molecular formula is C109H110N20O8. The van der Waals surface area contributed by atoms with Crippen LogP contribution in [0.4, 0.5) is 23.0 Å². The van der Waals surface area contributed by atoms with Gasteiger partial charge in [0.2, 0.25) is 0 Å². The Kier molecular flexibility index (Phi) is 29.7. The number of carbonyl (C=O) groups excluding carboxylic acids is 8. The van der Waals surface area contributed by atoms with Crippen molar-refractivity contribution in [1.82, 2.24) is 81.1 Å². The number of benzene rings is 8. The maximum Gasteiger partial charge on any atom is 0.256 e. The third-order valence-electron chi connectivity index (χ3n) is 25.9. The molecule has 8 aromatic heterocycles. The molecule has 137 heavy (non-hydrogen) atoms. The number of hydrogen-bond donors (Lipinski definition) is 12. The molecule has 4 aliphatic carbocycles. The van der Waals surface area contributed by atoms with Crippen molar-refractivity contribution < 1.29 is 38.4 Å². The molecule has 0 bridgehead atoms. The van der Waals surface area contributed by atoms with Crippen molar-refractivity contribution >= 4 is 114 Å². The van der Waals surface area contributed by atoms with Crippen LogP contribution in [0.3, 0.4) is 0 Å². The van der Waals surface area contributed by atoms with Crippen LogP contribution in [0.1, 0.15) is 225 Å². The van der Waals surface area contributed by atoms with Crippen molar-refractivity contribution in [3.8, 4) is 45.6 Å². The number of nitrogens with one attached hydrogen (secondary N) is 12. The van der Waals surface area contributed by atoms with Gasteiger partial charge in [-0.05, 0) is 271 Å². The number of aromatic amines is 4. The standard InChI is InChI=1S/C28H29N5O2.3C27H27N5O2/c1-17-3-11-22(12-4-17)30-28(35)21-10-13-23-24(15-21)32-26(31-23)19-6-8-20(9-7-19)27(34)33-25-14-5-18(2)16-29-25;1-17-4-11-21(12-5-17)29-27(34)20-10-13-23-24(15-20)32-25(31-23)18-6-8-19(9-7-18)26(33)30-22-3-2-14-28-16-22;1-17-4-2-3-5-22(17)32-27(34)20-10-11-23-24(16-20)31-25(30-23)18-6-8-19(9-7-18)26(33)29-21-12-14-28-15-13-21;33-26(32-24-9-5-6-16-28-24)19-12-10-18(11-13-19)25-30-22-15-14-20(17-23(22)31-25)27(34)29-21-7-3-1-2-4-8-21/h5-10,13-17,22H,3-4,11-12H2,1-2H3,(H,30,35)(H,31,32)(H,29,33,34);2-3,6-10,13-17,21H,4-5,11-12H2,1H3,(H,29,34)(H,30,33)(H,31,32);6-17,22H,2-5H2,1H3,(H,30,31)(H,32,34)(H,28,29,33);5-6,9-17,21H,1-4,7-8H2,(H,29,34)(H,30,31)(H,28,32,33). The summed E-state index contributed by atoms with van der Waals surface area (Å²) in [5.74, 6) is 4.78. The Labute approximate surface area is 793 Å². The summed E-state index contributed by atoms with van der Waals surface area (Å²) < 4.78 is 0. The normalized spacial score (nSPS) is 17.0. The van der Waals surface area contributed by atoms with Crippen molar-refractivity contribution in [2.45, 2.75) is 167 Å². The minimum absolute atomic E-state index is 0.0341. The van der Waals surface area contributed by atoms with Crippen LogP contribution < -0.4 is 42.5 Å². The average molecular weight is 1830 g/mol. The second-order valence-corrected chi connectivity index (χ2v) is 36.2. The topological polar surface area (TPSA) is 399 Å². The fraction of sp³-hybridized carbons (Fsp3) is 0.266. The van der Waals surface area contributed by atoms with Crippen molar-refractivity contribution in [3.63, 3.8) is 0 Å². The number of aryl methyl sites for hydroxylation is 1. The number of rotatable bonds is 20. The predicted octanol–water partition coefficient (Wildman–Crippen LogP) is 21.2. The number of amides is 8. The highest BCUT2D eigenvalue weighted by Crippen LogP contribution is 2.33. The lowest BCUT2D eigenvalue weighted by Gasteiger charge is -2.29. The molecule has 0 aliphatic heterocycles. The van der Waals surface area contributed by atoms with Crippen molar-refractivity contribution in [2.75, 3.05) is 21.3 Å². The molecule has 2 unspecified atom stereocenters. The number of fused-ring (bicyclic) bond motifs is 4. The minimum Gasteiger partial charge on any atom is -0.349 e. The molecule has 694 valence electrons. The third kappa shape index (κ3) is 24.3. The van der Waals surface area contributed by atoms with Crippen LogP contribution in [-0.4, -0.2) is 131 Å². The van der Waals surface area contributed by atoms with Crippen LogP contribution in [0, 0.1) is 24.7 Å². The van der Waals surface area contributed by atoms with E-state index < -0.39 is 0 Å². The van der Waals surface area contributed by atoms with E-state index in [-0.39, 0.29) is 71.4 Å². The number of imidazole rings is 4. The van der Waals surface area contributed by atoms with Gasteiger partial charge in [0, 0.05) is 128 Å². The monoisotopic (exact) mass is 1830 g/mol. The quantitative estimate of drug-likeness (QED) is 0.0315. The first-order valence-electron chi connectivity index (χ1n) is 47.3. The van der Waals surface area contributed by atoms with E-state index in [1.807, 2.05) is 140 Å². The van der Waals surface area contributed by atoms with Crippen molar-refractivity contribution in [3.05, 3.63) is 312 Å². The molecule has 2 atom stereocenters. The Balaban J connectivity index is 0.000000127. The lowest BCUT2D eigenvalue weighted by molar-refractivity contribution is 0.0904. The van der Waals surface area contributed by atoms with Crippen LogP contribution in [0.25, 0.3) is 89.7 Å². The maximum atomic E-state index is 12.8. The molecule has 0 radical (unpaired) electrons. The van der Waals surface area contributed by atoms with E-state index in [0.29, 0.717) is 96.7 Å². The van der Waals surface area contributed by atoms with Gasteiger partial charge < -0.3 is 62.5 Å². The minimum atomic E-state index is -0.223. The average Bonchev–Trinajstić information content (AvgIpc) is 1.67. The summed E-state index contributed by atoms with van der Waals surface area (Å²) >= 11 is 0. The van der Waals surface area contributed by atoms with E-state index in [4.69, 9.17) is 0 Å². The fourth-order valence-electron chi connectivity index (χ4n) is 17.7. The predicted molar refractivity (Wildman–Crippen MR) is 535 cm³/mol. The highest BCUT2D eigenvalue weighted by molar-refractivity contribution is 6.08. The smallest absolute Gasteiger partial charge is 0.256 e. The Morgan fingerprint density at radius 3 is 1.02 bits per heavy atom. The number of carbonyl (C=O) groups is 8. The second-order valence-electron chi connectivity index (χ2n) is 36.2. The van der Waals surface area contributed by atoms with E-state index in [1.165, 1.54) is 38.5 Å². The molecule has 4 fully saturated rings. The number of hydrogen-bond acceptors (Lipinski definition) is 16. The molecule has 16 aromatic rings. The zero-order valence-corrected chi connectivity index (χ0v) is 76.9. The van der Waals surface area contributed by atoms with E-state index in [1.54, 1.807) is 128 Å². The van der Waals surface area contributed by atoms with Crippen LogP contribution in [0.15, 0.2) is 262 Å². The lowest BCUT2D eigenvalue weighted by Crippen LogP contribution is -2.41. The van der Waals surface area contributed by atoms with Gasteiger partial charge in [0.15, 0.2) is 0 Å². The Hall–Kier alpha value is -16.0. The molecule has 28 heteroatoms. The number of nitrogens with zero attached hydrogens (tertiary/aromatic N) is 8. The van der Waals surface area contributed by atoms with Gasteiger partial charge in [0.25, 0.3) is 47.3 Å².